The lowest BCUT2D eigenvalue weighted by molar-refractivity contribution is 0.0696. The number of ether oxygens (including phenoxy) is 1. The lowest BCUT2D eigenvalue weighted by Gasteiger charge is -2.17. The number of benzene rings is 1. The van der Waals surface area contributed by atoms with Crippen LogP contribution < -0.4 is 4.74 Å². The first-order valence-electron chi connectivity index (χ1n) is 6.76. The van der Waals surface area contributed by atoms with E-state index >= 15 is 0 Å². The van der Waals surface area contributed by atoms with Gasteiger partial charge in [0.05, 0.1) is 12.2 Å². The van der Waals surface area contributed by atoms with Gasteiger partial charge < -0.3 is 14.7 Å². The summed E-state index contributed by atoms with van der Waals surface area (Å²) in [4.78, 5) is 24.9. The third kappa shape index (κ3) is 4.26. The smallest absolute Gasteiger partial charge is 0.335 e. The second-order valence-corrected chi connectivity index (χ2v) is 4.63. The second-order valence-electron chi connectivity index (χ2n) is 4.63. The van der Waals surface area contributed by atoms with Gasteiger partial charge in [-0.1, -0.05) is 13.8 Å². The van der Waals surface area contributed by atoms with Gasteiger partial charge in [-0.05, 0) is 31.0 Å². The normalized spacial score (nSPS) is 10.2. The molecule has 0 saturated carbocycles. The maximum atomic E-state index is 12.2. The lowest BCUT2D eigenvalue weighted by atomic mass is 10.1. The molecule has 0 atom stereocenters. The van der Waals surface area contributed by atoms with Gasteiger partial charge in [-0.15, -0.1) is 0 Å². The predicted octanol–water partition coefficient (Wildman–Crippen LogP) is 2.66. The van der Waals surface area contributed by atoms with Crippen molar-refractivity contribution in [3.63, 3.8) is 0 Å². The molecule has 0 spiro atoms. The third-order valence-electron chi connectivity index (χ3n) is 2.78. The van der Waals surface area contributed by atoms with Gasteiger partial charge in [-0.2, -0.15) is 0 Å². The number of carbonyl (C=O) groups is 2. The van der Waals surface area contributed by atoms with E-state index < -0.39 is 5.97 Å². The van der Waals surface area contributed by atoms with Crippen molar-refractivity contribution in [3.05, 3.63) is 29.3 Å². The Labute approximate surface area is 119 Å². The number of nitrogens with zero attached hydrogens (tertiary/aromatic N) is 1. The van der Waals surface area contributed by atoms with Gasteiger partial charge in [-0.3, -0.25) is 4.79 Å². The molecule has 20 heavy (non-hydrogen) atoms. The van der Waals surface area contributed by atoms with E-state index in [9.17, 15) is 9.59 Å². The highest BCUT2D eigenvalue weighted by Crippen LogP contribution is 2.19. The second kappa shape index (κ2) is 7.53. The molecule has 1 aromatic carbocycles. The van der Waals surface area contributed by atoms with Crippen molar-refractivity contribution >= 4 is 11.9 Å². The largest absolute Gasteiger partial charge is 0.494 e. The zero-order valence-electron chi connectivity index (χ0n) is 12.2. The molecule has 0 radical (unpaired) electrons. The van der Waals surface area contributed by atoms with E-state index in [2.05, 4.69) is 0 Å². The van der Waals surface area contributed by atoms with Gasteiger partial charge in [0.25, 0.3) is 5.91 Å². The number of hydrogen-bond donors (Lipinski definition) is 1. The molecule has 0 aliphatic heterocycles. The molecule has 5 heteroatoms. The van der Waals surface area contributed by atoms with E-state index in [0.29, 0.717) is 24.5 Å². The van der Waals surface area contributed by atoms with Gasteiger partial charge >= 0.3 is 5.97 Å². The Hall–Kier alpha value is -2.04. The van der Waals surface area contributed by atoms with Crippen molar-refractivity contribution in [1.82, 2.24) is 4.90 Å². The minimum absolute atomic E-state index is 0.0619. The lowest BCUT2D eigenvalue weighted by Crippen LogP contribution is -2.27. The van der Waals surface area contributed by atoms with Crippen molar-refractivity contribution in [3.8, 4) is 5.75 Å². The standard InChI is InChI=1S/C15H21NO4/c1-4-6-16(3)14(17)11-8-12(15(18)19)10-13(9-11)20-7-5-2/h8-10H,4-7H2,1-3H3,(H,18,19). The molecule has 0 aliphatic carbocycles. The molecular formula is C15H21NO4. The molecule has 1 N–H and O–H groups in total. The maximum Gasteiger partial charge on any atom is 0.335 e. The van der Waals surface area contributed by atoms with E-state index in [1.165, 1.54) is 12.1 Å². The highest BCUT2D eigenvalue weighted by Gasteiger charge is 2.15. The van der Waals surface area contributed by atoms with E-state index in [0.717, 1.165) is 12.8 Å². The molecule has 0 aliphatic rings. The van der Waals surface area contributed by atoms with Gasteiger partial charge in [0.2, 0.25) is 0 Å². The summed E-state index contributed by atoms with van der Waals surface area (Å²) < 4.78 is 5.44. The van der Waals surface area contributed by atoms with Crippen LogP contribution in [-0.2, 0) is 0 Å². The number of carboxylic acids is 1. The molecule has 0 heterocycles. The number of rotatable bonds is 7. The Morgan fingerprint density at radius 2 is 1.80 bits per heavy atom. The fourth-order valence-electron chi connectivity index (χ4n) is 1.81. The van der Waals surface area contributed by atoms with E-state index in [1.807, 2.05) is 13.8 Å². The Morgan fingerprint density at radius 1 is 1.15 bits per heavy atom. The predicted molar refractivity (Wildman–Crippen MR) is 76.4 cm³/mol. The fourth-order valence-corrected chi connectivity index (χ4v) is 1.81. The zero-order valence-corrected chi connectivity index (χ0v) is 12.2. The molecule has 1 rings (SSSR count). The molecule has 0 saturated heterocycles. The van der Waals surface area contributed by atoms with Crippen LogP contribution in [0.4, 0.5) is 0 Å². The first-order valence-corrected chi connectivity index (χ1v) is 6.76. The van der Waals surface area contributed by atoms with Crippen LogP contribution in [0.25, 0.3) is 0 Å². The Kier molecular flexibility index (Phi) is 6.03. The average molecular weight is 279 g/mol. The van der Waals surface area contributed by atoms with Crippen LogP contribution >= 0.6 is 0 Å². The van der Waals surface area contributed by atoms with Crippen molar-refractivity contribution in [1.29, 1.82) is 0 Å². The summed E-state index contributed by atoms with van der Waals surface area (Å²) >= 11 is 0. The highest BCUT2D eigenvalue weighted by molar-refractivity contribution is 5.98. The van der Waals surface area contributed by atoms with E-state index in [4.69, 9.17) is 9.84 Å². The number of carbonyl (C=O) groups excluding carboxylic acids is 1. The van der Waals surface area contributed by atoms with Crippen LogP contribution in [0.2, 0.25) is 0 Å². The minimum atomic E-state index is -1.07. The van der Waals surface area contributed by atoms with Gasteiger partial charge in [0, 0.05) is 19.2 Å². The summed E-state index contributed by atoms with van der Waals surface area (Å²) in [6, 6.07) is 4.42. The molecule has 1 amide bonds. The molecule has 0 aromatic heterocycles. The summed E-state index contributed by atoms with van der Waals surface area (Å²) in [5.41, 5.74) is 0.402. The number of carboxylic acid groups (broad SMARTS) is 1. The van der Waals surface area contributed by atoms with Crippen LogP contribution in [0.3, 0.4) is 0 Å². The van der Waals surface area contributed by atoms with Crippen LogP contribution in [0.5, 0.6) is 5.75 Å². The fraction of sp³-hybridized carbons (Fsp3) is 0.467. The quantitative estimate of drug-likeness (QED) is 0.833. The minimum Gasteiger partial charge on any atom is -0.494 e. The monoisotopic (exact) mass is 279 g/mol. The molecule has 1 aromatic rings. The SMILES string of the molecule is CCCOc1cc(C(=O)O)cc(C(=O)N(C)CCC)c1. The molecule has 0 bridgehead atoms. The summed E-state index contributed by atoms with van der Waals surface area (Å²) in [5.74, 6) is -0.851. The molecule has 0 unspecified atom stereocenters. The zero-order chi connectivity index (χ0) is 15.1. The van der Waals surface area contributed by atoms with Crippen molar-refractivity contribution in [2.24, 2.45) is 0 Å². The Bertz CT molecular complexity index is 485. The summed E-state index contributed by atoms with van der Waals surface area (Å²) in [6.45, 7) is 5.05. The van der Waals surface area contributed by atoms with Gasteiger partial charge in [-0.25, -0.2) is 4.79 Å². The topological polar surface area (TPSA) is 66.8 Å². The van der Waals surface area contributed by atoms with Gasteiger partial charge in [0.15, 0.2) is 0 Å². The first-order chi connectivity index (χ1) is 9.49. The van der Waals surface area contributed by atoms with Crippen LogP contribution in [-0.4, -0.2) is 42.1 Å². The summed E-state index contributed by atoms with van der Waals surface area (Å²) in [7, 11) is 1.70. The molecular weight excluding hydrogens is 258 g/mol. The summed E-state index contributed by atoms with van der Waals surface area (Å²) in [5, 5.41) is 9.10. The van der Waals surface area contributed by atoms with E-state index in [-0.39, 0.29) is 11.5 Å². The molecule has 110 valence electrons. The number of aromatic carboxylic acids is 1. The number of hydrogen-bond acceptors (Lipinski definition) is 3. The van der Waals surface area contributed by atoms with Crippen LogP contribution in [0.15, 0.2) is 18.2 Å². The molecule has 5 nitrogen and oxygen atoms in total. The van der Waals surface area contributed by atoms with Crippen molar-refractivity contribution in [2.75, 3.05) is 20.2 Å². The first kappa shape index (κ1) is 16.0. The van der Waals surface area contributed by atoms with Crippen LogP contribution in [0, 0.1) is 0 Å². The highest BCUT2D eigenvalue weighted by atomic mass is 16.5. The number of amides is 1. The van der Waals surface area contributed by atoms with Gasteiger partial charge in [0.1, 0.15) is 5.75 Å². The average Bonchev–Trinajstić information content (AvgIpc) is 2.44. The van der Waals surface area contributed by atoms with Crippen molar-refractivity contribution < 1.29 is 19.4 Å². The van der Waals surface area contributed by atoms with Crippen LogP contribution in [0.1, 0.15) is 47.4 Å². The Morgan fingerprint density at radius 3 is 2.35 bits per heavy atom. The summed E-state index contributed by atoms with van der Waals surface area (Å²) in [6.07, 6.45) is 1.66. The maximum absolute atomic E-state index is 12.2. The van der Waals surface area contributed by atoms with Crippen molar-refractivity contribution in [2.45, 2.75) is 26.7 Å². The van der Waals surface area contributed by atoms with E-state index in [1.54, 1.807) is 18.0 Å². The Balaban J connectivity index is 3.07. The third-order valence-corrected chi connectivity index (χ3v) is 2.78. The molecule has 0 fully saturated rings.